The van der Waals surface area contributed by atoms with Crippen molar-refractivity contribution in [2.24, 2.45) is 0 Å². The summed E-state index contributed by atoms with van der Waals surface area (Å²) in [5, 5.41) is 0. The van der Waals surface area contributed by atoms with Crippen LogP contribution in [0.25, 0.3) is 0 Å². The number of benzene rings is 1. The van der Waals surface area contributed by atoms with Crippen LogP contribution in [-0.4, -0.2) is 23.6 Å². The Labute approximate surface area is 105 Å². The first-order chi connectivity index (χ1) is 8.54. The number of rotatable bonds is 3. The van der Waals surface area contributed by atoms with E-state index in [0.29, 0.717) is 17.5 Å². The van der Waals surface area contributed by atoms with E-state index in [4.69, 9.17) is 4.74 Å². The second-order valence-electron chi connectivity index (χ2n) is 4.40. The summed E-state index contributed by atoms with van der Waals surface area (Å²) < 4.78 is 4.96. The molecule has 0 heterocycles. The number of hydrogen-bond acceptors (Lipinski definition) is 4. The van der Waals surface area contributed by atoms with Gasteiger partial charge in [0.05, 0.1) is 0 Å². The van der Waals surface area contributed by atoms with Crippen molar-refractivity contribution < 1.29 is 19.1 Å². The van der Waals surface area contributed by atoms with Crippen molar-refractivity contribution in [1.29, 1.82) is 0 Å². The van der Waals surface area contributed by atoms with Gasteiger partial charge in [-0.05, 0) is 19.4 Å². The predicted octanol–water partition coefficient (Wildman–Crippen LogP) is 2.09. The van der Waals surface area contributed by atoms with E-state index in [2.05, 4.69) is 0 Å². The molecule has 0 spiro atoms. The Morgan fingerprint density at radius 1 is 1.22 bits per heavy atom. The van der Waals surface area contributed by atoms with Crippen LogP contribution in [0, 0.1) is 6.92 Å². The first-order valence-corrected chi connectivity index (χ1v) is 5.93. The standard InChI is InChI=1S/C14H14O4/c1-3-4-11(15)18-14-12(16)9-6-5-8(2)7-10(9)13(14)17/h5-7,14H,3-4H2,1-2H3. The zero-order chi connectivity index (χ0) is 13.3. The third-order valence-corrected chi connectivity index (χ3v) is 2.89. The normalized spacial score (nSPS) is 17.8. The number of aryl methyl sites for hydroxylation is 1. The zero-order valence-electron chi connectivity index (χ0n) is 10.4. The third-order valence-electron chi connectivity index (χ3n) is 2.89. The molecule has 1 unspecified atom stereocenters. The Morgan fingerprint density at radius 3 is 2.56 bits per heavy atom. The number of ketones is 2. The first-order valence-electron chi connectivity index (χ1n) is 5.93. The van der Waals surface area contributed by atoms with E-state index in [9.17, 15) is 14.4 Å². The fourth-order valence-electron chi connectivity index (χ4n) is 1.98. The van der Waals surface area contributed by atoms with Crippen LogP contribution in [0.4, 0.5) is 0 Å². The Hall–Kier alpha value is -1.97. The minimum atomic E-state index is -1.28. The fourth-order valence-corrected chi connectivity index (χ4v) is 1.98. The lowest BCUT2D eigenvalue weighted by atomic mass is 10.1. The van der Waals surface area contributed by atoms with Crippen LogP contribution in [-0.2, 0) is 9.53 Å². The minimum Gasteiger partial charge on any atom is -0.445 e. The molecule has 1 aliphatic rings. The van der Waals surface area contributed by atoms with Gasteiger partial charge in [-0.3, -0.25) is 14.4 Å². The quantitative estimate of drug-likeness (QED) is 0.605. The van der Waals surface area contributed by atoms with Crippen molar-refractivity contribution in [2.45, 2.75) is 32.8 Å². The molecule has 0 aromatic heterocycles. The summed E-state index contributed by atoms with van der Waals surface area (Å²) in [5.74, 6) is -1.34. The van der Waals surface area contributed by atoms with Crippen LogP contribution in [0.3, 0.4) is 0 Å². The summed E-state index contributed by atoms with van der Waals surface area (Å²) in [6.45, 7) is 3.67. The van der Waals surface area contributed by atoms with E-state index in [-0.39, 0.29) is 6.42 Å². The Bertz CT molecular complexity index is 531. The number of carbonyl (C=O) groups excluding carboxylic acids is 3. The van der Waals surface area contributed by atoms with Gasteiger partial charge in [-0.1, -0.05) is 24.6 Å². The third kappa shape index (κ3) is 2.06. The molecule has 4 nitrogen and oxygen atoms in total. The highest BCUT2D eigenvalue weighted by atomic mass is 16.5. The van der Waals surface area contributed by atoms with Gasteiger partial charge in [0, 0.05) is 17.5 Å². The van der Waals surface area contributed by atoms with Gasteiger partial charge < -0.3 is 4.74 Å². The summed E-state index contributed by atoms with van der Waals surface area (Å²) in [6, 6.07) is 5.03. The maximum atomic E-state index is 12.0. The van der Waals surface area contributed by atoms with Gasteiger partial charge in [-0.15, -0.1) is 0 Å². The Balaban J connectivity index is 2.26. The second-order valence-corrected chi connectivity index (χ2v) is 4.40. The molecule has 0 bridgehead atoms. The lowest BCUT2D eigenvalue weighted by Crippen LogP contribution is -2.28. The Morgan fingerprint density at radius 2 is 1.89 bits per heavy atom. The number of fused-ring (bicyclic) bond motifs is 1. The Kier molecular flexibility index (Phi) is 3.28. The smallest absolute Gasteiger partial charge is 0.306 e. The molecule has 1 aromatic carbocycles. The fraction of sp³-hybridized carbons (Fsp3) is 0.357. The lowest BCUT2D eigenvalue weighted by molar-refractivity contribution is -0.145. The van der Waals surface area contributed by atoms with Gasteiger partial charge in [-0.2, -0.15) is 0 Å². The van der Waals surface area contributed by atoms with Gasteiger partial charge in [0.15, 0.2) is 0 Å². The highest BCUT2D eigenvalue weighted by molar-refractivity contribution is 6.29. The molecular weight excluding hydrogens is 232 g/mol. The summed E-state index contributed by atoms with van der Waals surface area (Å²) in [5.41, 5.74) is 1.60. The first kappa shape index (κ1) is 12.5. The summed E-state index contributed by atoms with van der Waals surface area (Å²) in [4.78, 5) is 35.3. The highest BCUT2D eigenvalue weighted by Crippen LogP contribution is 2.25. The molecule has 0 N–H and O–H groups in total. The maximum absolute atomic E-state index is 12.0. The molecule has 1 aromatic rings. The lowest BCUT2D eigenvalue weighted by Gasteiger charge is -2.08. The van der Waals surface area contributed by atoms with Crippen molar-refractivity contribution in [3.05, 3.63) is 34.9 Å². The molecule has 18 heavy (non-hydrogen) atoms. The van der Waals surface area contributed by atoms with Gasteiger partial charge in [0.1, 0.15) is 0 Å². The predicted molar refractivity (Wildman–Crippen MR) is 64.6 cm³/mol. The molecule has 0 saturated carbocycles. The van der Waals surface area contributed by atoms with Crippen molar-refractivity contribution in [2.75, 3.05) is 0 Å². The molecule has 1 atom stereocenters. The molecule has 0 radical (unpaired) electrons. The molecule has 0 amide bonds. The van der Waals surface area contributed by atoms with Gasteiger partial charge in [0.25, 0.3) is 0 Å². The largest absolute Gasteiger partial charge is 0.445 e. The van der Waals surface area contributed by atoms with E-state index in [1.165, 1.54) is 0 Å². The van der Waals surface area contributed by atoms with Crippen molar-refractivity contribution in [3.63, 3.8) is 0 Å². The minimum absolute atomic E-state index is 0.215. The molecule has 0 fully saturated rings. The molecule has 0 aliphatic heterocycles. The van der Waals surface area contributed by atoms with Crippen LogP contribution in [0.1, 0.15) is 46.0 Å². The van der Waals surface area contributed by atoms with E-state index in [1.54, 1.807) is 18.2 Å². The number of carbonyl (C=O) groups is 3. The average molecular weight is 246 g/mol. The van der Waals surface area contributed by atoms with E-state index in [1.807, 2.05) is 13.8 Å². The summed E-state index contributed by atoms with van der Waals surface area (Å²) in [6.07, 6.45) is -0.437. The second kappa shape index (κ2) is 4.72. The number of esters is 1. The van der Waals surface area contributed by atoms with Crippen LogP contribution in [0.5, 0.6) is 0 Å². The van der Waals surface area contributed by atoms with E-state index < -0.39 is 23.6 Å². The van der Waals surface area contributed by atoms with E-state index >= 15 is 0 Å². The van der Waals surface area contributed by atoms with Crippen LogP contribution in [0.15, 0.2) is 18.2 Å². The van der Waals surface area contributed by atoms with Gasteiger partial charge >= 0.3 is 5.97 Å². The van der Waals surface area contributed by atoms with Crippen LogP contribution >= 0.6 is 0 Å². The van der Waals surface area contributed by atoms with E-state index in [0.717, 1.165) is 5.56 Å². The van der Waals surface area contributed by atoms with Gasteiger partial charge in [-0.25, -0.2) is 0 Å². The molecule has 0 saturated heterocycles. The maximum Gasteiger partial charge on any atom is 0.306 e. The number of Topliss-reactive ketones (excluding diaryl/α,β-unsaturated/α-hetero) is 2. The molecular formula is C14H14O4. The highest BCUT2D eigenvalue weighted by Gasteiger charge is 2.41. The molecule has 94 valence electrons. The number of hydrogen-bond donors (Lipinski definition) is 0. The van der Waals surface area contributed by atoms with Crippen LogP contribution < -0.4 is 0 Å². The summed E-state index contributed by atoms with van der Waals surface area (Å²) >= 11 is 0. The van der Waals surface area contributed by atoms with Gasteiger partial charge in [0.2, 0.25) is 17.7 Å². The molecule has 2 rings (SSSR count). The number of ether oxygens (including phenoxy) is 1. The zero-order valence-corrected chi connectivity index (χ0v) is 10.4. The molecule has 4 heteroatoms. The van der Waals surface area contributed by atoms with Crippen molar-refractivity contribution in [3.8, 4) is 0 Å². The summed E-state index contributed by atoms with van der Waals surface area (Å²) in [7, 11) is 0. The monoisotopic (exact) mass is 246 g/mol. The average Bonchev–Trinajstić information content (AvgIpc) is 2.55. The van der Waals surface area contributed by atoms with Crippen molar-refractivity contribution >= 4 is 17.5 Å². The SMILES string of the molecule is CCCC(=O)OC1C(=O)c2ccc(C)cc2C1=O. The van der Waals surface area contributed by atoms with Crippen molar-refractivity contribution in [1.82, 2.24) is 0 Å². The molecule has 1 aliphatic carbocycles. The topological polar surface area (TPSA) is 60.4 Å². The van der Waals surface area contributed by atoms with Crippen LogP contribution in [0.2, 0.25) is 0 Å².